The van der Waals surface area contributed by atoms with E-state index < -0.39 is 0 Å². The number of hydrogen-bond donors (Lipinski definition) is 1. The van der Waals surface area contributed by atoms with Crippen molar-refractivity contribution in [2.24, 2.45) is 0 Å². The van der Waals surface area contributed by atoms with Crippen LogP contribution in [0.15, 0.2) is 36.7 Å². The van der Waals surface area contributed by atoms with Crippen molar-refractivity contribution in [3.63, 3.8) is 0 Å². The molecule has 0 bridgehead atoms. The van der Waals surface area contributed by atoms with Gasteiger partial charge in [0.2, 0.25) is 0 Å². The monoisotopic (exact) mass is 274 g/mol. The molecule has 2 aromatic rings. The van der Waals surface area contributed by atoms with E-state index in [4.69, 9.17) is 0 Å². The van der Waals surface area contributed by atoms with Gasteiger partial charge in [0.15, 0.2) is 0 Å². The zero-order chi connectivity index (χ0) is 13.9. The van der Waals surface area contributed by atoms with Crippen LogP contribution in [-0.2, 0) is 6.54 Å². The summed E-state index contributed by atoms with van der Waals surface area (Å²) in [6.07, 6.45) is 3.90. The number of piperazine rings is 1. The van der Waals surface area contributed by atoms with Crippen LogP contribution in [0.1, 0.15) is 12.5 Å². The Labute approximate surface area is 118 Å². The number of hydrogen-bond acceptors (Lipinski definition) is 3. The van der Waals surface area contributed by atoms with Crippen LogP contribution in [0.25, 0.3) is 5.69 Å². The Morgan fingerprint density at radius 3 is 2.90 bits per heavy atom. The van der Waals surface area contributed by atoms with Gasteiger partial charge in [-0.05, 0) is 31.2 Å². The average Bonchev–Trinajstić information content (AvgIpc) is 2.88. The Bertz CT molecular complexity index is 564. The van der Waals surface area contributed by atoms with Gasteiger partial charge in [-0.25, -0.2) is 9.07 Å². The molecule has 106 valence electrons. The fourth-order valence-electron chi connectivity index (χ4n) is 2.59. The van der Waals surface area contributed by atoms with Crippen molar-refractivity contribution in [2.75, 3.05) is 19.6 Å². The minimum atomic E-state index is -0.226. The summed E-state index contributed by atoms with van der Waals surface area (Å²) in [7, 11) is 0. The molecule has 5 heteroatoms. The molecule has 0 aliphatic carbocycles. The van der Waals surface area contributed by atoms with Crippen LogP contribution in [0.5, 0.6) is 0 Å². The van der Waals surface area contributed by atoms with E-state index in [1.54, 1.807) is 16.8 Å². The van der Waals surface area contributed by atoms with Crippen LogP contribution < -0.4 is 5.32 Å². The summed E-state index contributed by atoms with van der Waals surface area (Å²) in [5, 5.41) is 7.79. The van der Waals surface area contributed by atoms with Crippen molar-refractivity contribution < 1.29 is 4.39 Å². The van der Waals surface area contributed by atoms with E-state index in [0.717, 1.165) is 31.9 Å². The molecule has 0 amide bonds. The molecular weight excluding hydrogens is 255 g/mol. The maximum Gasteiger partial charge on any atom is 0.123 e. The first kappa shape index (κ1) is 13.3. The second kappa shape index (κ2) is 5.73. The molecule has 1 atom stereocenters. The lowest BCUT2D eigenvalue weighted by molar-refractivity contribution is 0.199. The van der Waals surface area contributed by atoms with Crippen molar-refractivity contribution in [1.82, 2.24) is 20.0 Å². The van der Waals surface area contributed by atoms with Crippen LogP contribution in [0.4, 0.5) is 4.39 Å². The number of rotatable bonds is 3. The average molecular weight is 274 g/mol. The lowest BCUT2D eigenvalue weighted by atomic mass is 10.2. The van der Waals surface area contributed by atoms with Crippen LogP contribution in [0.3, 0.4) is 0 Å². The Balaban J connectivity index is 1.69. The highest BCUT2D eigenvalue weighted by atomic mass is 19.1. The first-order valence-corrected chi connectivity index (χ1v) is 6.96. The quantitative estimate of drug-likeness (QED) is 0.926. The highest BCUT2D eigenvalue weighted by Crippen LogP contribution is 2.12. The molecule has 1 aliphatic heterocycles. The molecule has 1 aromatic carbocycles. The predicted molar refractivity (Wildman–Crippen MR) is 76.3 cm³/mol. The number of benzene rings is 1. The van der Waals surface area contributed by atoms with Gasteiger partial charge in [0.25, 0.3) is 0 Å². The smallest absolute Gasteiger partial charge is 0.123 e. The van der Waals surface area contributed by atoms with Gasteiger partial charge in [0.05, 0.1) is 11.9 Å². The van der Waals surface area contributed by atoms with Gasteiger partial charge in [0.1, 0.15) is 5.82 Å². The summed E-state index contributed by atoms with van der Waals surface area (Å²) in [5.41, 5.74) is 2.06. The lowest BCUT2D eigenvalue weighted by Gasteiger charge is -2.31. The fourth-order valence-corrected chi connectivity index (χ4v) is 2.59. The van der Waals surface area contributed by atoms with Gasteiger partial charge in [0, 0.05) is 44.0 Å². The number of halogens is 1. The molecule has 2 heterocycles. The predicted octanol–water partition coefficient (Wildman–Crippen LogP) is 1.81. The fraction of sp³-hybridized carbons (Fsp3) is 0.400. The van der Waals surface area contributed by atoms with Gasteiger partial charge in [-0.15, -0.1) is 0 Å². The molecule has 20 heavy (non-hydrogen) atoms. The van der Waals surface area contributed by atoms with E-state index in [0.29, 0.717) is 6.04 Å². The first-order chi connectivity index (χ1) is 9.70. The molecular formula is C15H19FN4. The molecule has 0 radical (unpaired) electrons. The van der Waals surface area contributed by atoms with E-state index in [1.807, 2.05) is 12.4 Å². The van der Waals surface area contributed by atoms with Gasteiger partial charge in [-0.3, -0.25) is 4.90 Å². The summed E-state index contributed by atoms with van der Waals surface area (Å²) in [5.74, 6) is -0.226. The third kappa shape index (κ3) is 3.05. The molecule has 3 rings (SSSR count). The van der Waals surface area contributed by atoms with Gasteiger partial charge in [-0.1, -0.05) is 0 Å². The zero-order valence-corrected chi connectivity index (χ0v) is 11.6. The van der Waals surface area contributed by atoms with E-state index in [1.165, 1.54) is 17.7 Å². The molecule has 1 fully saturated rings. The molecule has 1 aliphatic rings. The Hall–Kier alpha value is -1.72. The maximum atomic E-state index is 12.9. The minimum absolute atomic E-state index is 0.226. The van der Waals surface area contributed by atoms with Crippen molar-refractivity contribution >= 4 is 0 Å². The second-order valence-corrected chi connectivity index (χ2v) is 5.36. The van der Waals surface area contributed by atoms with Crippen molar-refractivity contribution in [1.29, 1.82) is 0 Å². The van der Waals surface area contributed by atoms with Gasteiger partial charge < -0.3 is 5.32 Å². The summed E-state index contributed by atoms with van der Waals surface area (Å²) in [4.78, 5) is 2.42. The molecule has 1 saturated heterocycles. The topological polar surface area (TPSA) is 33.1 Å². The summed E-state index contributed by atoms with van der Waals surface area (Å²) in [6.45, 7) is 6.27. The molecule has 0 saturated carbocycles. The van der Waals surface area contributed by atoms with Crippen LogP contribution >= 0.6 is 0 Å². The Morgan fingerprint density at radius 2 is 2.15 bits per heavy atom. The molecule has 0 spiro atoms. The van der Waals surface area contributed by atoms with Crippen LogP contribution in [-0.4, -0.2) is 40.4 Å². The van der Waals surface area contributed by atoms with Gasteiger partial charge in [-0.2, -0.15) is 5.10 Å². The molecule has 4 nitrogen and oxygen atoms in total. The van der Waals surface area contributed by atoms with E-state index >= 15 is 0 Å². The maximum absolute atomic E-state index is 12.9. The van der Waals surface area contributed by atoms with Crippen molar-refractivity contribution in [3.8, 4) is 5.69 Å². The number of aromatic nitrogens is 2. The normalized spacial score (nSPS) is 20.2. The lowest BCUT2D eigenvalue weighted by Crippen LogP contribution is -2.48. The van der Waals surface area contributed by atoms with E-state index in [9.17, 15) is 4.39 Å². The summed E-state index contributed by atoms with van der Waals surface area (Å²) < 4.78 is 14.7. The summed E-state index contributed by atoms with van der Waals surface area (Å²) in [6, 6.07) is 6.91. The van der Waals surface area contributed by atoms with E-state index in [-0.39, 0.29) is 5.82 Å². The molecule has 1 N–H and O–H groups in total. The Morgan fingerprint density at radius 1 is 1.35 bits per heavy atom. The summed E-state index contributed by atoms with van der Waals surface area (Å²) >= 11 is 0. The number of nitrogens with one attached hydrogen (secondary N) is 1. The standard InChI is InChI=1S/C15H19FN4/c1-12-9-19(7-6-17-12)10-13-8-18-20(11-13)15-4-2-14(16)3-5-15/h2-5,8,11-12,17H,6-7,9-10H2,1H3/t12-/m0/s1. The van der Waals surface area contributed by atoms with Crippen molar-refractivity contribution in [2.45, 2.75) is 19.5 Å². The molecule has 0 unspecified atom stereocenters. The SMILES string of the molecule is C[C@H]1CN(Cc2cnn(-c3ccc(F)cc3)c2)CCN1. The number of nitrogens with zero attached hydrogens (tertiary/aromatic N) is 3. The largest absolute Gasteiger partial charge is 0.312 e. The van der Waals surface area contributed by atoms with E-state index in [2.05, 4.69) is 22.2 Å². The zero-order valence-electron chi connectivity index (χ0n) is 11.6. The third-order valence-electron chi connectivity index (χ3n) is 3.59. The van der Waals surface area contributed by atoms with Gasteiger partial charge >= 0.3 is 0 Å². The highest BCUT2D eigenvalue weighted by molar-refractivity contribution is 5.31. The Kier molecular flexibility index (Phi) is 3.80. The minimum Gasteiger partial charge on any atom is -0.312 e. The van der Waals surface area contributed by atoms with Crippen molar-refractivity contribution in [3.05, 3.63) is 48.0 Å². The third-order valence-corrected chi connectivity index (χ3v) is 3.59. The van der Waals surface area contributed by atoms with Crippen LogP contribution in [0, 0.1) is 5.82 Å². The van der Waals surface area contributed by atoms with Crippen LogP contribution in [0.2, 0.25) is 0 Å². The highest BCUT2D eigenvalue weighted by Gasteiger charge is 2.16. The second-order valence-electron chi connectivity index (χ2n) is 5.36. The molecule has 1 aromatic heterocycles. The first-order valence-electron chi connectivity index (χ1n) is 6.96.